The average molecular weight is 181 g/mol. The third-order valence-electron chi connectivity index (χ3n) is 2.96. The molecule has 0 saturated heterocycles. The molecule has 0 spiro atoms. The largest absolute Gasteiger partial charge is 0.297 e. The summed E-state index contributed by atoms with van der Waals surface area (Å²) in [5.74, 6) is 0.0625. The molecule has 0 bridgehead atoms. The number of nitrogens with zero attached hydrogens (tertiary/aromatic N) is 1. The highest BCUT2D eigenvalue weighted by molar-refractivity contribution is 5.91. The molecular weight excluding hydrogens is 162 g/mol. The van der Waals surface area contributed by atoms with Gasteiger partial charge in [-0.05, 0) is 26.7 Å². The molecule has 0 aromatic carbocycles. The number of ketones is 1. The molecule has 2 heteroatoms. The zero-order valence-corrected chi connectivity index (χ0v) is 9.27. The first-order chi connectivity index (χ1) is 5.84. The molecule has 0 heterocycles. The van der Waals surface area contributed by atoms with Crippen molar-refractivity contribution in [3.05, 3.63) is 0 Å². The summed E-state index contributed by atoms with van der Waals surface area (Å²) in [6.45, 7) is 9.32. The van der Waals surface area contributed by atoms with Crippen LogP contribution in [0.4, 0.5) is 0 Å². The number of Topliss-reactive ketones (excluding diaryl/α,β-unsaturated/α-hetero) is 1. The van der Waals surface area contributed by atoms with E-state index < -0.39 is 5.41 Å². The number of hydrogen-bond donors (Lipinski definition) is 0. The minimum absolute atomic E-state index is 0.0625. The van der Waals surface area contributed by atoms with Crippen LogP contribution in [-0.2, 0) is 4.79 Å². The summed E-state index contributed by atoms with van der Waals surface area (Å²) in [5.41, 5.74) is -1.18. The topological polar surface area (TPSA) is 40.9 Å². The van der Waals surface area contributed by atoms with Crippen LogP contribution in [0.1, 0.15) is 47.5 Å². The number of nitriles is 1. The van der Waals surface area contributed by atoms with E-state index in [0.717, 1.165) is 12.8 Å². The summed E-state index contributed by atoms with van der Waals surface area (Å²) < 4.78 is 0. The Bertz CT molecular complexity index is 231. The van der Waals surface area contributed by atoms with Crippen molar-refractivity contribution in [1.82, 2.24) is 0 Å². The van der Waals surface area contributed by atoms with Gasteiger partial charge in [-0.1, -0.05) is 20.8 Å². The number of carbonyl (C=O) groups excluding carboxylic acids is 1. The van der Waals surface area contributed by atoms with Crippen LogP contribution in [0, 0.1) is 22.2 Å². The maximum Gasteiger partial charge on any atom is 0.158 e. The monoisotopic (exact) mass is 181 g/mol. The van der Waals surface area contributed by atoms with Crippen molar-refractivity contribution in [2.75, 3.05) is 0 Å². The fraction of sp³-hybridized carbons (Fsp3) is 0.818. The van der Waals surface area contributed by atoms with Crippen LogP contribution in [0.15, 0.2) is 0 Å². The molecule has 0 aromatic rings. The van der Waals surface area contributed by atoms with Gasteiger partial charge in [0.15, 0.2) is 5.78 Å². The molecule has 0 atom stereocenters. The van der Waals surface area contributed by atoms with Gasteiger partial charge in [-0.2, -0.15) is 5.26 Å². The number of hydrogen-bond acceptors (Lipinski definition) is 2. The van der Waals surface area contributed by atoms with E-state index in [1.165, 1.54) is 0 Å². The fourth-order valence-corrected chi connectivity index (χ4v) is 1.38. The highest BCUT2D eigenvalue weighted by atomic mass is 16.1. The van der Waals surface area contributed by atoms with E-state index in [-0.39, 0.29) is 11.2 Å². The average Bonchev–Trinajstić information content (AvgIpc) is 2.15. The van der Waals surface area contributed by atoms with Crippen LogP contribution in [0.2, 0.25) is 0 Å². The maximum absolute atomic E-state index is 12.0. The van der Waals surface area contributed by atoms with Gasteiger partial charge in [0.2, 0.25) is 0 Å². The van der Waals surface area contributed by atoms with Crippen LogP contribution in [0.3, 0.4) is 0 Å². The molecule has 74 valence electrons. The van der Waals surface area contributed by atoms with Crippen LogP contribution in [0.5, 0.6) is 0 Å². The van der Waals surface area contributed by atoms with Crippen molar-refractivity contribution in [2.45, 2.75) is 47.5 Å². The predicted octanol–water partition coefficient (Wildman–Crippen LogP) is 2.93. The molecule has 2 nitrogen and oxygen atoms in total. The lowest BCUT2D eigenvalue weighted by molar-refractivity contribution is -0.134. The van der Waals surface area contributed by atoms with E-state index >= 15 is 0 Å². The van der Waals surface area contributed by atoms with Gasteiger partial charge in [0, 0.05) is 5.41 Å². The van der Waals surface area contributed by atoms with Crippen molar-refractivity contribution >= 4 is 5.78 Å². The number of rotatable bonds is 4. The third-order valence-corrected chi connectivity index (χ3v) is 2.96. The molecule has 0 N–H and O–H groups in total. The van der Waals surface area contributed by atoms with Gasteiger partial charge in [-0.15, -0.1) is 0 Å². The molecule has 0 rings (SSSR count). The van der Waals surface area contributed by atoms with E-state index in [2.05, 4.69) is 6.07 Å². The van der Waals surface area contributed by atoms with Gasteiger partial charge in [-0.3, -0.25) is 4.79 Å². The van der Waals surface area contributed by atoms with E-state index in [1.54, 1.807) is 13.8 Å². The highest BCUT2D eigenvalue weighted by Crippen LogP contribution is 2.34. The standard InChI is InChI=1S/C11H19NO/c1-6-11(5,7-2)9(13)10(3,4)8-12/h6-7H2,1-5H3. The first kappa shape index (κ1) is 12.2. The maximum atomic E-state index is 12.0. The Balaban J connectivity index is 4.89. The normalized spacial score (nSPS) is 12.3. The van der Waals surface area contributed by atoms with Crippen molar-refractivity contribution in [3.63, 3.8) is 0 Å². The second kappa shape index (κ2) is 3.91. The number of carbonyl (C=O) groups is 1. The zero-order chi connectivity index (χ0) is 10.7. The van der Waals surface area contributed by atoms with Crippen molar-refractivity contribution < 1.29 is 4.79 Å². The van der Waals surface area contributed by atoms with E-state index in [4.69, 9.17) is 5.26 Å². The Kier molecular flexibility index (Phi) is 3.66. The summed E-state index contributed by atoms with van der Waals surface area (Å²) in [4.78, 5) is 12.0. The first-order valence-corrected chi connectivity index (χ1v) is 4.80. The Morgan fingerprint density at radius 1 is 1.23 bits per heavy atom. The van der Waals surface area contributed by atoms with Gasteiger partial charge >= 0.3 is 0 Å². The second-order valence-electron chi connectivity index (χ2n) is 4.33. The Labute approximate surface area is 80.9 Å². The lowest BCUT2D eigenvalue weighted by Gasteiger charge is -2.30. The smallest absolute Gasteiger partial charge is 0.158 e. The molecular formula is C11H19NO. The van der Waals surface area contributed by atoms with Gasteiger partial charge in [-0.25, -0.2) is 0 Å². The van der Waals surface area contributed by atoms with E-state index in [9.17, 15) is 4.79 Å². The van der Waals surface area contributed by atoms with Gasteiger partial charge in [0.1, 0.15) is 5.41 Å². The fourth-order valence-electron chi connectivity index (χ4n) is 1.38. The molecule has 0 amide bonds. The zero-order valence-electron chi connectivity index (χ0n) is 9.27. The third kappa shape index (κ3) is 2.30. The van der Waals surface area contributed by atoms with Crippen LogP contribution in [-0.4, -0.2) is 5.78 Å². The summed E-state index contributed by atoms with van der Waals surface area (Å²) in [7, 11) is 0. The van der Waals surface area contributed by atoms with Crippen LogP contribution in [0.25, 0.3) is 0 Å². The van der Waals surface area contributed by atoms with Crippen molar-refractivity contribution in [3.8, 4) is 6.07 Å². The van der Waals surface area contributed by atoms with Gasteiger partial charge < -0.3 is 0 Å². The SMILES string of the molecule is CCC(C)(CC)C(=O)C(C)(C)C#N. The lowest BCUT2D eigenvalue weighted by atomic mass is 9.70. The molecule has 0 unspecified atom stereocenters. The molecule has 0 radical (unpaired) electrons. The lowest BCUT2D eigenvalue weighted by Crippen LogP contribution is -2.37. The highest BCUT2D eigenvalue weighted by Gasteiger charge is 2.39. The summed E-state index contributed by atoms with van der Waals surface area (Å²) in [5, 5.41) is 8.85. The summed E-state index contributed by atoms with van der Waals surface area (Å²) >= 11 is 0. The minimum atomic E-state index is -0.846. The quantitative estimate of drug-likeness (QED) is 0.669. The van der Waals surface area contributed by atoms with Crippen molar-refractivity contribution in [1.29, 1.82) is 5.26 Å². The summed E-state index contributed by atoms with van der Waals surface area (Å²) in [6, 6.07) is 2.07. The Hall–Kier alpha value is -0.840. The molecule has 0 aliphatic heterocycles. The molecule has 13 heavy (non-hydrogen) atoms. The van der Waals surface area contributed by atoms with Crippen molar-refractivity contribution in [2.24, 2.45) is 10.8 Å². The van der Waals surface area contributed by atoms with E-state index in [1.807, 2.05) is 20.8 Å². The van der Waals surface area contributed by atoms with Crippen LogP contribution < -0.4 is 0 Å². The summed E-state index contributed by atoms with van der Waals surface area (Å²) in [6.07, 6.45) is 1.60. The molecule has 0 saturated carbocycles. The van der Waals surface area contributed by atoms with Crippen LogP contribution >= 0.6 is 0 Å². The minimum Gasteiger partial charge on any atom is -0.297 e. The first-order valence-electron chi connectivity index (χ1n) is 4.80. The second-order valence-corrected chi connectivity index (χ2v) is 4.33. The van der Waals surface area contributed by atoms with E-state index in [0.29, 0.717) is 0 Å². The molecule has 0 aliphatic rings. The molecule has 0 aliphatic carbocycles. The van der Waals surface area contributed by atoms with Gasteiger partial charge in [0.05, 0.1) is 6.07 Å². The Morgan fingerprint density at radius 3 is 1.85 bits per heavy atom. The Morgan fingerprint density at radius 2 is 1.62 bits per heavy atom. The predicted molar refractivity (Wildman–Crippen MR) is 53.1 cm³/mol. The molecule has 0 fully saturated rings. The molecule has 0 aromatic heterocycles. The van der Waals surface area contributed by atoms with Gasteiger partial charge in [0.25, 0.3) is 0 Å².